The Hall–Kier alpha value is -0.700. The zero-order chi connectivity index (χ0) is 12.7. The third-order valence-corrected chi connectivity index (χ3v) is 3.52. The Morgan fingerprint density at radius 1 is 1.19 bits per heavy atom. The average Bonchev–Trinajstić information content (AvgIpc) is 2.11. The average molecular weight is 245 g/mol. The highest BCUT2D eigenvalue weighted by Crippen LogP contribution is 2.40. The molecule has 0 unspecified atom stereocenters. The number of hydrogen-bond acceptors (Lipinski definition) is 3. The van der Waals surface area contributed by atoms with Gasteiger partial charge >= 0.3 is 0 Å². The molecule has 1 aliphatic carbocycles. The van der Waals surface area contributed by atoms with Gasteiger partial charge in [0.05, 0.1) is 0 Å². The summed E-state index contributed by atoms with van der Waals surface area (Å²) in [7, 11) is 0. The highest BCUT2D eigenvalue weighted by molar-refractivity contribution is 6.58. The standard InChI is InChI=1S/C12H17ClO3/c1-7(2)10(16)12(13)8(14)5-11(3,4)6-9(12)15/h7H,5-6H2,1-4H3. The maximum absolute atomic E-state index is 11.9. The molecule has 0 bridgehead atoms. The van der Waals surface area contributed by atoms with E-state index in [0.29, 0.717) is 0 Å². The minimum atomic E-state index is -1.91. The zero-order valence-electron chi connectivity index (χ0n) is 10.1. The lowest BCUT2D eigenvalue weighted by Gasteiger charge is -2.36. The number of Topliss-reactive ketones (excluding diaryl/α,β-unsaturated/α-hetero) is 3. The van der Waals surface area contributed by atoms with Crippen LogP contribution in [-0.4, -0.2) is 22.2 Å². The monoisotopic (exact) mass is 244 g/mol. The summed E-state index contributed by atoms with van der Waals surface area (Å²) in [6.07, 6.45) is 0.362. The van der Waals surface area contributed by atoms with E-state index in [9.17, 15) is 14.4 Å². The van der Waals surface area contributed by atoms with Gasteiger partial charge in [0.15, 0.2) is 17.3 Å². The number of alkyl halides is 1. The highest BCUT2D eigenvalue weighted by Gasteiger charge is 2.55. The summed E-state index contributed by atoms with van der Waals surface area (Å²) >= 11 is 6.00. The predicted molar refractivity (Wildman–Crippen MR) is 61.5 cm³/mol. The molecule has 1 aliphatic rings. The third-order valence-electron chi connectivity index (χ3n) is 2.91. The molecule has 1 rings (SSSR count). The van der Waals surface area contributed by atoms with Crippen molar-refractivity contribution < 1.29 is 14.4 Å². The van der Waals surface area contributed by atoms with Crippen molar-refractivity contribution in [2.45, 2.75) is 45.4 Å². The maximum atomic E-state index is 11.9. The Bertz CT molecular complexity index is 335. The minimum Gasteiger partial charge on any atom is -0.297 e. The second-order valence-electron chi connectivity index (χ2n) is 5.54. The van der Waals surface area contributed by atoms with Gasteiger partial charge in [0.1, 0.15) is 0 Å². The fourth-order valence-corrected chi connectivity index (χ4v) is 2.36. The van der Waals surface area contributed by atoms with Gasteiger partial charge in [-0.25, -0.2) is 0 Å². The summed E-state index contributed by atoms with van der Waals surface area (Å²) < 4.78 is 0. The summed E-state index contributed by atoms with van der Waals surface area (Å²) in [5, 5.41) is 0. The number of hydrogen-bond donors (Lipinski definition) is 0. The Balaban J connectivity index is 3.11. The fourth-order valence-electron chi connectivity index (χ4n) is 2.00. The van der Waals surface area contributed by atoms with Crippen LogP contribution in [0.3, 0.4) is 0 Å². The molecule has 0 spiro atoms. The molecular weight excluding hydrogens is 228 g/mol. The van der Waals surface area contributed by atoms with Crippen LogP contribution in [0.2, 0.25) is 0 Å². The zero-order valence-corrected chi connectivity index (χ0v) is 10.9. The molecule has 0 aromatic carbocycles. The van der Waals surface area contributed by atoms with Crippen LogP contribution in [0, 0.1) is 11.3 Å². The molecule has 1 saturated carbocycles. The van der Waals surface area contributed by atoms with Crippen LogP contribution in [0.15, 0.2) is 0 Å². The largest absolute Gasteiger partial charge is 0.297 e. The van der Waals surface area contributed by atoms with E-state index in [2.05, 4.69) is 0 Å². The molecule has 90 valence electrons. The van der Waals surface area contributed by atoms with Gasteiger partial charge in [-0.2, -0.15) is 0 Å². The minimum absolute atomic E-state index is 0.181. The SMILES string of the molecule is CC(C)C(=O)C1(Cl)C(=O)CC(C)(C)CC1=O. The molecular formula is C12H17ClO3. The molecule has 0 radical (unpaired) electrons. The van der Waals surface area contributed by atoms with E-state index in [0.717, 1.165) is 0 Å². The number of ketones is 3. The molecule has 1 fully saturated rings. The molecule has 0 aromatic rings. The molecule has 0 heterocycles. The molecule has 0 aromatic heterocycles. The second kappa shape index (κ2) is 3.95. The quantitative estimate of drug-likeness (QED) is 0.552. The van der Waals surface area contributed by atoms with E-state index in [1.54, 1.807) is 13.8 Å². The van der Waals surface area contributed by atoms with Gasteiger partial charge in [-0.05, 0) is 5.41 Å². The van der Waals surface area contributed by atoms with Gasteiger partial charge in [-0.1, -0.05) is 39.3 Å². The maximum Gasteiger partial charge on any atom is 0.218 e. The van der Waals surface area contributed by atoms with E-state index in [1.165, 1.54) is 0 Å². The van der Waals surface area contributed by atoms with E-state index in [4.69, 9.17) is 11.6 Å². The fraction of sp³-hybridized carbons (Fsp3) is 0.750. The van der Waals surface area contributed by atoms with E-state index in [-0.39, 0.29) is 18.3 Å². The van der Waals surface area contributed by atoms with Crippen molar-refractivity contribution in [3.8, 4) is 0 Å². The molecule has 3 nitrogen and oxygen atoms in total. The van der Waals surface area contributed by atoms with Crippen LogP contribution in [0.5, 0.6) is 0 Å². The van der Waals surface area contributed by atoms with Crippen molar-refractivity contribution in [2.24, 2.45) is 11.3 Å². The second-order valence-corrected chi connectivity index (χ2v) is 6.11. The lowest BCUT2D eigenvalue weighted by atomic mass is 9.69. The summed E-state index contributed by atoms with van der Waals surface area (Å²) in [6, 6.07) is 0. The number of halogens is 1. The van der Waals surface area contributed by atoms with Gasteiger partial charge in [-0.15, -0.1) is 0 Å². The Kier molecular flexibility index (Phi) is 3.30. The number of carbonyl (C=O) groups is 3. The van der Waals surface area contributed by atoms with Crippen molar-refractivity contribution in [3.05, 3.63) is 0 Å². The lowest BCUT2D eigenvalue weighted by molar-refractivity contribution is -0.144. The van der Waals surface area contributed by atoms with Crippen molar-refractivity contribution >= 4 is 29.0 Å². The first-order valence-electron chi connectivity index (χ1n) is 5.41. The van der Waals surface area contributed by atoms with Crippen molar-refractivity contribution in [2.75, 3.05) is 0 Å². The van der Waals surface area contributed by atoms with Crippen molar-refractivity contribution in [3.63, 3.8) is 0 Å². The summed E-state index contributed by atoms with van der Waals surface area (Å²) in [6.45, 7) is 6.96. The van der Waals surface area contributed by atoms with E-state index in [1.807, 2.05) is 13.8 Å². The van der Waals surface area contributed by atoms with E-state index < -0.39 is 28.1 Å². The Morgan fingerprint density at radius 3 is 1.88 bits per heavy atom. The van der Waals surface area contributed by atoms with Crippen LogP contribution < -0.4 is 0 Å². The highest BCUT2D eigenvalue weighted by atomic mass is 35.5. The summed E-state index contributed by atoms with van der Waals surface area (Å²) in [5.41, 5.74) is -0.385. The van der Waals surface area contributed by atoms with Crippen LogP contribution in [-0.2, 0) is 14.4 Å². The van der Waals surface area contributed by atoms with Gasteiger partial charge in [0.25, 0.3) is 0 Å². The summed E-state index contributed by atoms with van der Waals surface area (Å²) in [5.74, 6) is -1.78. The van der Waals surface area contributed by atoms with Gasteiger partial charge < -0.3 is 0 Å². The van der Waals surface area contributed by atoms with Crippen LogP contribution in [0.25, 0.3) is 0 Å². The molecule has 0 amide bonds. The molecule has 0 N–H and O–H groups in total. The smallest absolute Gasteiger partial charge is 0.218 e. The molecule has 16 heavy (non-hydrogen) atoms. The predicted octanol–water partition coefficient (Wildman–Crippen LogP) is 2.15. The first kappa shape index (κ1) is 13.4. The first-order valence-corrected chi connectivity index (χ1v) is 5.79. The molecule has 0 atom stereocenters. The van der Waals surface area contributed by atoms with Gasteiger partial charge in [0, 0.05) is 18.8 Å². The number of rotatable bonds is 2. The molecule has 0 saturated heterocycles. The van der Waals surface area contributed by atoms with Crippen LogP contribution >= 0.6 is 11.6 Å². The molecule has 4 heteroatoms. The van der Waals surface area contributed by atoms with Gasteiger partial charge in [-0.3, -0.25) is 14.4 Å². The number of carbonyl (C=O) groups excluding carboxylic acids is 3. The first-order chi connectivity index (χ1) is 7.11. The normalized spacial score (nSPS) is 23.6. The lowest BCUT2D eigenvalue weighted by Crippen LogP contribution is -2.55. The summed E-state index contributed by atoms with van der Waals surface area (Å²) in [4.78, 5) is 33.8. The van der Waals surface area contributed by atoms with Gasteiger partial charge in [0.2, 0.25) is 4.87 Å². The van der Waals surface area contributed by atoms with Crippen molar-refractivity contribution in [1.29, 1.82) is 0 Å². The third kappa shape index (κ3) is 2.05. The van der Waals surface area contributed by atoms with E-state index >= 15 is 0 Å². The topological polar surface area (TPSA) is 51.2 Å². The Morgan fingerprint density at radius 2 is 1.56 bits per heavy atom. The van der Waals surface area contributed by atoms with Crippen molar-refractivity contribution in [1.82, 2.24) is 0 Å². The molecule has 0 aliphatic heterocycles. The van der Waals surface area contributed by atoms with Crippen LogP contribution in [0.1, 0.15) is 40.5 Å². The Labute approximate surface area is 101 Å². The van der Waals surface area contributed by atoms with Crippen LogP contribution in [0.4, 0.5) is 0 Å².